The lowest BCUT2D eigenvalue weighted by Gasteiger charge is -2.41. The Balaban J connectivity index is 2.94. The van der Waals surface area contributed by atoms with Gasteiger partial charge in [-0.2, -0.15) is 0 Å². The molecule has 0 aliphatic heterocycles. The molecular formula is C14H28NO2PS2. The van der Waals surface area contributed by atoms with Gasteiger partial charge in [0.15, 0.2) is 0 Å². The number of likely N-dealkylation sites (N-methyl/N-ethyl adjacent to an activating group) is 1. The molecule has 1 rings (SSSR count). The van der Waals surface area contributed by atoms with E-state index in [1.54, 1.807) is 0 Å². The van der Waals surface area contributed by atoms with Gasteiger partial charge in [0.2, 0.25) is 5.69 Å². The monoisotopic (exact) mass is 337 g/mol. The Morgan fingerprint density at radius 3 is 2.60 bits per heavy atom. The highest BCUT2D eigenvalue weighted by Crippen LogP contribution is 2.51. The van der Waals surface area contributed by atoms with Gasteiger partial charge in [0.05, 0.1) is 6.10 Å². The maximum Gasteiger partial charge on any atom is 0.241 e. The molecule has 1 aliphatic carbocycles. The lowest BCUT2D eigenvalue weighted by atomic mass is 9.70. The van der Waals surface area contributed by atoms with Crippen LogP contribution in [0.15, 0.2) is 12.2 Å². The normalized spacial score (nSPS) is 31.9. The van der Waals surface area contributed by atoms with Gasteiger partial charge >= 0.3 is 0 Å². The summed E-state index contributed by atoms with van der Waals surface area (Å²) in [4.78, 5) is 11.9. The minimum absolute atomic E-state index is 0.0808. The summed E-state index contributed by atoms with van der Waals surface area (Å²) in [5.74, 6) is 1.49. The van der Waals surface area contributed by atoms with Crippen LogP contribution >= 0.6 is 17.9 Å². The van der Waals surface area contributed by atoms with Crippen LogP contribution in [-0.4, -0.2) is 36.5 Å². The highest BCUT2D eigenvalue weighted by molar-refractivity contribution is 8.59. The van der Waals surface area contributed by atoms with Crippen molar-refractivity contribution in [3.8, 4) is 0 Å². The fourth-order valence-electron chi connectivity index (χ4n) is 3.23. The Morgan fingerprint density at radius 2 is 2.15 bits per heavy atom. The van der Waals surface area contributed by atoms with Crippen molar-refractivity contribution in [2.45, 2.75) is 39.2 Å². The summed E-state index contributed by atoms with van der Waals surface area (Å²) >= 11 is 9.04. The third kappa shape index (κ3) is 6.17. The number of allylic oxidation sites excluding steroid dienone is 1. The Kier molecular flexibility index (Phi) is 7.24. The molecule has 5 atom stereocenters. The van der Waals surface area contributed by atoms with Gasteiger partial charge in [-0.1, -0.05) is 37.7 Å². The van der Waals surface area contributed by atoms with Crippen molar-refractivity contribution in [3.05, 3.63) is 12.2 Å². The Labute approximate surface area is 134 Å². The van der Waals surface area contributed by atoms with Crippen LogP contribution in [0.3, 0.4) is 0 Å². The molecule has 0 bridgehead atoms. The van der Waals surface area contributed by atoms with Crippen molar-refractivity contribution in [2.75, 3.05) is 20.6 Å². The van der Waals surface area contributed by atoms with Crippen molar-refractivity contribution in [2.24, 2.45) is 17.8 Å². The van der Waals surface area contributed by atoms with Gasteiger partial charge in [-0.15, -0.1) is 0 Å². The zero-order valence-electron chi connectivity index (χ0n) is 13.0. The predicted molar refractivity (Wildman–Crippen MR) is 93.7 cm³/mol. The minimum Gasteiger partial charge on any atom is -0.338 e. The standard InChI is InChI=1S/C14H28NO2PS2/c1-10(2)12-7-6-11(3)8-13(12)14(9-15(4)5)17-18(16,19)20/h11-14H,1,6-9H2,2-5H3,(H2,16,19,20). The Bertz CT molecular complexity index is 383. The van der Waals surface area contributed by atoms with Crippen LogP contribution in [0.1, 0.15) is 33.1 Å². The average Bonchev–Trinajstić information content (AvgIpc) is 2.24. The van der Waals surface area contributed by atoms with E-state index < -0.39 is 5.69 Å². The van der Waals surface area contributed by atoms with E-state index in [9.17, 15) is 4.89 Å². The van der Waals surface area contributed by atoms with E-state index in [-0.39, 0.29) is 6.10 Å². The molecule has 0 aromatic carbocycles. The van der Waals surface area contributed by atoms with Crippen molar-refractivity contribution in [1.82, 2.24) is 4.90 Å². The molecule has 3 nitrogen and oxygen atoms in total. The molecule has 5 unspecified atom stereocenters. The van der Waals surface area contributed by atoms with Gasteiger partial charge in [0.1, 0.15) is 0 Å². The van der Waals surface area contributed by atoms with Crippen LogP contribution in [0.25, 0.3) is 0 Å². The van der Waals surface area contributed by atoms with E-state index in [0.29, 0.717) is 17.8 Å². The van der Waals surface area contributed by atoms with E-state index in [1.165, 1.54) is 12.0 Å². The highest BCUT2D eigenvalue weighted by Gasteiger charge is 2.37. The topological polar surface area (TPSA) is 32.7 Å². The molecule has 0 amide bonds. The van der Waals surface area contributed by atoms with Crippen molar-refractivity contribution in [3.63, 3.8) is 0 Å². The van der Waals surface area contributed by atoms with Crippen LogP contribution in [0.2, 0.25) is 0 Å². The van der Waals surface area contributed by atoms with E-state index in [1.807, 2.05) is 14.1 Å². The third-order valence-corrected chi connectivity index (χ3v) is 5.18. The average molecular weight is 337 g/mol. The predicted octanol–water partition coefficient (Wildman–Crippen LogP) is 3.71. The first-order valence-electron chi connectivity index (χ1n) is 7.14. The number of nitrogens with zero attached hydrogens (tertiary/aromatic N) is 1. The van der Waals surface area contributed by atoms with Crippen LogP contribution in [0.5, 0.6) is 0 Å². The fourth-order valence-corrected chi connectivity index (χ4v) is 4.50. The van der Waals surface area contributed by atoms with Gasteiger partial charge in [0, 0.05) is 6.54 Å². The summed E-state index contributed by atoms with van der Waals surface area (Å²) in [6.07, 6.45) is 3.40. The Hall–Kier alpha value is 0.620. The first-order valence-corrected chi connectivity index (χ1v) is 11.0. The number of rotatable bonds is 6. The van der Waals surface area contributed by atoms with Gasteiger partial charge in [-0.25, -0.2) is 0 Å². The first kappa shape index (κ1) is 18.7. The van der Waals surface area contributed by atoms with E-state index in [2.05, 4.69) is 37.6 Å². The van der Waals surface area contributed by atoms with E-state index >= 15 is 0 Å². The van der Waals surface area contributed by atoms with E-state index in [4.69, 9.17) is 16.3 Å². The molecule has 1 aliphatic rings. The van der Waals surface area contributed by atoms with Gasteiger partial charge in [0.25, 0.3) is 0 Å². The largest absolute Gasteiger partial charge is 0.338 e. The van der Waals surface area contributed by atoms with Crippen molar-refractivity contribution < 1.29 is 9.42 Å². The SMILES string of the molecule is C=C(C)C1CCC(C)CC1C(CN(C)C)OP(O)(=S)S. The molecule has 0 saturated heterocycles. The number of thiol groups is 1. The molecule has 0 radical (unpaired) electrons. The summed E-state index contributed by atoms with van der Waals surface area (Å²) in [6.45, 7) is 9.27. The summed E-state index contributed by atoms with van der Waals surface area (Å²) < 4.78 is 5.78. The summed E-state index contributed by atoms with van der Waals surface area (Å²) in [7, 11) is 4.02. The molecule has 118 valence electrons. The van der Waals surface area contributed by atoms with Crippen molar-refractivity contribution in [1.29, 1.82) is 0 Å². The molecule has 1 fully saturated rings. The van der Waals surface area contributed by atoms with Crippen LogP contribution in [0, 0.1) is 17.8 Å². The zero-order chi connectivity index (χ0) is 15.5. The molecule has 0 spiro atoms. The molecule has 6 heteroatoms. The molecule has 1 N–H and O–H groups in total. The quantitative estimate of drug-likeness (QED) is 0.440. The maximum absolute atomic E-state index is 9.85. The fraction of sp³-hybridized carbons (Fsp3) is 0.857. The van der Waals surface area contributed by atoms with Gasteiger partial charge in [-0.05, 0) is 63.4 Å². The summed E-state index contributed by atoms with van der Waals surface area (Å²) in [6, 6.07) is 0. The third-order valence-electron chi connectivity index (χ3n) is 4.09. The second-order valence-electron chi connectivity index (χ2n) is 6.43. The first-order chi connectivity index (χ1) is 9.10. The molecule has 0 aromatic heterocycles. The number of hydrogen-bond donors (Lipinski definition) is 2. The molecule has 0 aromatic rings. The second kappa shape index (κ2) is 7.75. The summed E-state index contributed by atoms with van der Waals surface area (Å²) in [5.41, 5.74) is -1.74. The molecule has 20 heavy (non-hydrogen) atoms. The smallest absolute Gasteiger partial charge is 0.241 e. The minimum atomic E-state index is -2.95. The maximum atomic E-state index is 9.85. The van der Waals surface area contributed by atoms with Crippen molar-refractivity contribution >= 4 is 29.7 Å². The second-order valence-corrected chi connectivity index (χ2v) is 11.5. The van der Waals surface area contributed by atoms with Crippen LogP contribution < -0.4 is 0 Å². The van der Waals surface area contributed by atoms with Gasteiger partial charge < -0.3 is 14.3 Å². The highest BCUT2D eigenvalue weighted by atomic mass is 32.9. The lowest BCUT2D eigenvalue weighted by molar-refractivity contribution is 0.0487. The summed E-state index contributed by atoms with van der Waals surface area (Å²) in [5, 5.41) is 0. The Morgan fingerprint density at radius 1 is 1.55 bits per heavy atom. The van der Waals surface area contributed by atoms with E-state index in [0.717, 1.165) is 19.4 Å². The van der Waals surface area contributed by atoms with Crippen LogP contribution in [0.4, 0.5) is 0 Å². The molecule has 1 saturated carbocycles. The van der Waals surface area contributed by atoms with Gasteiger partial charge in [-0.3, -0.25) is 0 Å². The zero-order valence-corrected chi connectivity index (χ0v) is 15.6. The number of hydrogen-bond acceptors (Lipinski definition) is 3. The molecular weight excluding hydrogens is 309 g/mol. The lowest BCUT2D eigenvalue weighted by Crippen LogP contribution is -2.40. The molecule has 0 heterocycles. The van der Waals surface area contributed by atoms with Crippen LogP contribution in [-0.2, 0) is 16.3 Å².